The average molecular weight is 560 g/mol. The molecule has 5 rings (SSSR count). The molecule has 0 spiro atoms. The van der Waals surface area contributed by atoms with Crippen molar-refractivity contribution in [3.8, 4) is 34.1 Å². The summed E-state index contributed by atoms with van der Waals surface area (Å²) in [5, 5.41) is 4.16. The quantitative estimate of drug-likeness (QED) is 0.172. The van der Waals surface area contributed by atoms with Crippen LogP contribution in [0.25, 0.3) is 16.7 Å². The normalized spacial score (nSPS) is 13.5. The van der Waals surface area contributed by atoms with Gasteiger partial charge in [-0.1, -0.05) is 35.9 Å². The van der Waals surface area contributed by atoms with Crippen LogP contribution in [0.2, 0.25) is 5.02 Å². The Hall–Kier alpha value is -4.16. The number of rotatable bonds is 8. The van der Waals surface area contributed by atoms with E-state index in [9.17, 15) is 4.39 Å². The summed E-state index contributed by atoms with van der Waals surface area (Å²) in [4.78, 5) is 11.0. The van der Waals surface area contributed by atoms with Gasteiger partial charge in [-0.05, 0) is 80.8 Å². The molecule has 0 aliphatic carbocycles. The summed E-state index contributed by atoms with van der Waals surface area (Å²) in [6, 6.07) is 21.2. The van der Waals surface area contributed by atoms with Crippen molar-refractivity contribution in [2.24, 2.45) is 0 Å². The molecular formula is C33H31ClFNO4. The van der Waals surface area contributed by atoms with Crippen LogP contribution in [0.5, 0.6) is 23.0 Å². The predicted molar refractivity (Wildman–Crippen MR) is 158 cm³/mol. The van der Waals surface area contributed by atoms with Gasteiger partial charge in [-0.15, -0.1) is 0 Å². The van der Waals surface area contributed by atoms with Gasteiger partial charge in [0.05, 0.1) is 12.6 Å². The van der Waals surface area contributed by atoms with Crippen LogP contribution in [0.15, 0.2) is 78.9 Å². The first-order chi connectivity index (χ1) is 19.1. The molecule has 0 aromatic heterocycles. The third kappa shape index (κ3) is 5.87. The van der Waals surface area contributed by atoms with E-state index in [4.69, 9.17) is 30.8 Å². The Morgan fingerprint density at radius 3 is 2.35 bits per heavy atom. The van der Waals surface area contributed by atoms with Gasteiger partial charge in [-0.2, -0.15) is 0 Å². The monoisotopic (exact) mass is 559 g/mol. The molecule has 0 unspecified atom stereocenters. The van der Waals surface area contributed by atoms with Crippen LogP contribution in [0.3, 0.4) is 0 Å². The molecule has 0 saturated carbocycles. The fourth-order valence-electron chi connectivity index (χ4n) is 5.04. The van der Waals surface area contributed by atoms with Gasteiger partial charge >= 0.3 is 0 Å². The molecule has 5 nitrogen and oxygen atoms in total. The number of fused-ring (bicyclic) bond motifs is 1. The highest BCUT2D eigenvalue weighted by atomic mass is 35.5. The van der Waals surface area contributed by atoms with Gasteiger partial charge < -0.3 is 14.8 Å². The van der Waals surface area contributed by atoms with Gasteiger partial charge in [-0.3, -0.25) is 9.78 Å². The molecule has 7 heteroatoms. The SMILES string of the molecule is COc1cc(OOc2cccc(Cl)c2)ccc1-c1ccc2c(c1COc1cc(F)ccc1C)C(C)=CC(C)(C)N2. The second-order valence-electron chi connectivity index (χ2n) is 10.4. The Kier molecular flexibility index (Phi) is 7.63. The standard InChI is InChI=1S/C33H31ClFNO4/c1-20-9-10-23(35)16-30(20)38-19-28-26(13-14-29-32(28)21(2)18-33(3,4)36-29)27-12-11-25(17-31(27)37-5)40-39-24-8-6-7-22(34)15-24/h6-18,36H,19H2,1-5H3. The zero-order chi connectivity index (χ0) is 28.4. The van der Waals surface area contributed by atoms with E-state index in [0.717, 1.165) is 39.1 Å². The van der Waals surface area contributed by atoms with E-state index >= 15 is 0 Å². The third-order valence-corrected chi connectivity index (χ3v) is 6.99. The first kappa shape index (κ1) is 27.4. The molecule has 1 heterocycles. The van der Waals surface area contributed by atoms with Gasteiger partial charge in [-0.25, -0.2) is 4.39 Å². The van der Waals surface area contributed by atoms with E-state index in [0.29, 0.717) is 28.0 Å². The maximum atomic E-state index is 14.0. The van der Waals surface area contributed by atoms with Gasteiger partial charge in [0.2, 0.25) is 0 Å². The smallest absolute Gasteiger partial charge is 0.182 e. The molecule has 4 aromatic rings. The summed E-state index contributed by atoms with van der Waals surface area (Å²) in [6.45, 7) is 8.50. The number of benzene rings is 4. The number of hydrogen-bond acceptors (Lipinski definition) is 5. The summed E-state index contributed by atoms with van der Waals surface area (Å²) < 4.78 is 26.0. The van der Waals surface area contributed by atoms with Crippen LogP contribution in [-0.4, -0.2) is 12.6 Å². The molecule has 4 aromatic carbocycles. The first-order valence-electron chi connectivity index (χ1n) is 12.9. The molecule has 40 heavy (non-hydrogen) atoms. The summed E-state index contributed by atoms with van der Waals surface area (Å²) in [7, 11) is 1.61. The van der Waals surface area contributed by atoms with Crippen molar-refractivity contribution < 1.29 is 23.6 Å². The molecule has 1 aliphatic heterocycles. The van der Waals surface area contributed by atoms with E-state index in [-0.39, 0.29) is 18.0 Å². The first-order valence-corrected chi connectivity index (χ1v) is 13.3. The largest absolute Gasteiger partial charge is 0.496 e. The minimum Gasteiger partial charge on any atom is -0.496 e. The Bertz CT molecular complexity index is 1600. The average Bonchev–Trinajstić information content (AvgIpc) is 2.91. The van der Waals surface area contributed by atoms with Gasteiger partial charge in [0.25, 0.3) is 0 Å². The summed E-state index contributed by atoms with van der Waals surface area (Å²) in [5.41, 5.74) is 6.60. The van der Waals surface area contributed by atoms with Crippen molar-refractivity contribution >= 4 is 22.9 Å². The van der Waals surface area contributed by atoms with Gasteiger partial charge in [0.1, 0.15) is 23.9 Å². The molecule has 0 radical (unpaired) electrons. The molecule has 0 saturated heterocycles. The van der Waals surface area contributed by atoms with Crippen LogP contribution in [0, 0.1) is 12.7 Å². The lowest BCUT2D eigenvalue weighted by atomic mass is 9.85. The number of anilines is 1. The van der Waals surface area contributed by atoms with Gasteiger partial charge in [0.15, 0.2) is 11.5 Å². The number of methoxy groups -OCH3 is 1. The van der Waals surface area contributed by atoms with Gasteiger partial charge in [0, 0.05) is 45.6 Å². The number of hydrogen-bond donors (Lipinski definition) is 1. The highest BCUT2D eigenvalue weighted by Gasteiger charge is 2.27. The zero-order valence-corrected chi connectivity index (χ0v) is 23.9. The van der Waals surface area contributed by atoms with Crippen molar-refractivity contribution in [2.75, 3.05) is 12.4 Å². The zero-order valence-electron chi connectivity index (χ0n) is 23.1. The van der Waals surface area contributed by atoms with Crippen molar-refractivity contribution in [1.82, 2.24) is 0 Å². The van der Waals surface area contributed by atoms with E-state index in [2.05, 4.69) is 44.3 Å². The van der Waals surface area contributed by atoms with Crippen molar-refractivity contribution in [3.05, 3.63) is 106 Å². The van der Waals surface area contributed by atoms with Crippen molar-refractivity contribution in [1.29, 1.82) is 0 Å². The van der Waals surface area contributed by atoms with Crippen LogP contribution in [-0.2, 0) is 6.61 Å². The Labute approximate surface area is 239 Å². The third-order valence-electron chi connectivity index (χ3n) is 6.76. The summed E-state index contributed by atoms with van der Waals surface area (Å²) >= 11 is 6.04. The second kappa shape index (κ2) is 11.1. The lowest BCUT2D eigenvalue weighted by Gasteiger charge is -2.33. The highest BCUT2D eigenvalue weighted by molar-refractivity contribution is 6.30. The molecule has 1 aliphatic rings. The number of ether oxygens (including phenoxy) is 2. The maximum absolute atomic E-state index is 14.0. The Morgan fingerprint density at radius 1 is 0.850 bits per heavy atom. The fraction of sp³-hybridized carbons (Fsp3) is 0.212. The molecule has 0 amide bonds. The van der Waals surface area contributed by atoms with Crippen LogP contribution >= 0.6 is 11.6 Å². The van der Waals surface area contributed by atoms with Crippen molar-refractivity contribution in [2.45, 2.75) is 39.8 Å². The van der Waals surface area contributed by atoms with Crippen LogP contribution in [0.4, 0.5) is 10.1 Å². The van der Waals surface area contributed by atoms with E-state index in [1.54, 1.807) is 43.5 Å². The second-order valence-corrected chi connectivity index (χ2v) is 10.8. The number of allylic oxidation sites excluding steroid dienone is 1. The summed E-state index contributed by atoms with van der Waals surface area (Å²) in [6.07, 6.45) is 2.21. The van der Waals surface area contributed by atoms with E-state index in [1.807, 2.05) is 19.1 Å². The Morgan fingerprint density at radius 2 is 1.60 bits per heavy atom. The van der Waals surface area contributed by atoms with Crippen LogP contribution in [0.1, 0.15) is 37.5 Å². The number of nitrogens with one attached hydrogen (secondary N) is 1. The van der Waals surface area contributed by atoms with Crippen LogP contribution < -0.4 is 24.6 Å². The predicted octanol–water partition coefficient (Wildman–Crippen LogP) is 9.02. The fourth-order valence-corrected chi connectivity index (χ4v) is 5.22. The molecule has 0 bridgehead atoms. The minimum atomic E-state index is -0.340. The van der Waals surface area contributed by atoms with Crippen molar-refractivity contribution in [3.63, 3.8) is 0 Å². The van der Waals surface area contributed by atoms with E-state index in [1.165, 1.54) is 12.1 Å². The molecule has 0 fully saturated rings. The number of halogens is 2. The molecule has 0 atom stereocenters. The lowest BCUT2D eigenvalue weighted by molar-refractivity contribution is -0.1000. The number of aryl methyl sites for hydroxylation is 1. The Balaban J connectivity index is 1.54. The summed E-state index contributed by atoms with van der Waals surface area (Å²) in [5.74, 6) is 1.71. The molecular weight excluding hydrogens is 529 g/mol. The topological polar surface area (TPSA) is 49.0 Å². The molecule has 206 valence electrons. The highest BCUT2D eigenvalue weighted by Crippen LogP contribution is 2.43. The maximum Gasteiger partial charge on any atom is 0.182 e. The lowest BCUT2D eigenvalue weighted by Crippen LogP contribution is -2.32. The molecule has 1 N–H and O–H groups in total. The minimum absolute atomic E-state index is 0.199. The van der Waals surface area contributed by atoms with E-state index < -0.39 is 0 Å².